The van der Waals surface area contributed by atoms with Crippen LogP contribution < -0.4 is 20.1 Å². The van der Waals surface area contributed by atoms with Gasteiger partial charge in [-0.25, -0.2) is 0 Å². The molecule has 1 aliphatic heterocycles. The average Bonchev–Trinajstić information content (AvgIpc) is 2.81. The van der Waals surface area contributed by atoms with Crippen LogP contribution in [0.4, 0.5) is 14.5 Å². The summed E-state index contributed by atoms with van der Waals surface area (Å²) in [5, 5.41) is 6.49. The fourth-order valence-electron chi connectivity index (χ4n) is 1.97. The first kappa shape index (κ1) is 12.9. The molecule has 2 N–H and O–H groups in total. The molecule has 1 fully saturated rings. The number of nitrogens with one attached hydrogen (secondary N) is 2. The van der Waals surface area contributed by atoms with Gasteiger partial charge in [0.1, 0.15) is 0 Å². The normalized spacial score (nSPS) is 19.0. The number of anilines is 1. The van der Waals surface area contributed by atoms with Gasteiger partial charge in [0.25, 0.3) is 0 Å². The third kappa shape index (κ3) is 3.22. The van der Waals surface area contributed by atoms with E-state index in [4.69, 9.17) is 4.74 Å². The molecule has 0 aromatic heterocycles. The number of benzene rings is 1. The summed E-state index contributed by atoms with van der Waals surface area (Å²) in [6.45, 7) is -1.02. The first-order valence-electron chi connectivity index (χ1n) is 5.79. The third-order valence-electron chi connectivity index (χ3n) is 2.81. The molecule has 18 heavy (non-hydrogen) atoms. The van der Waals surface area contributed by atoms with E-state index >= 15 is 0 Å². The van der Waals surface area contributed by atoms with Crippen molar-refractivity contribution in [2.24, 2.45) is 0 Å². The van der Waals surface area contributed by atoms with Gasteiger partial charge in [-0.05, 0) is 25.1 Å². The molecule has 1 unspecified atom stereocenters. The largest absolute Gasteiger partial charge is 0.493 e. The van der Waals surface area contributed by atoms with Crippen LogP contribution in [0.25, 0.3) is 0 Å². The number of methoxy groups -OCH3 is 1. The van der Waals surface area contributed by atoms with Crippen LogP contribution >= 0.6 is 0 Å². The molecule has 0 amide bonds. The molecular weight excluding hydrogens is 242 g/mol. The smallest absolute Gasteiger partial charge is 0.387 e. The van der Waals surface area contributed by atoms with Crippen molar-refractivity contribution in [1.82, 2.24) is 5.32 Å². The van der Waals surface area contributed by atoms with Crippen molar-refractivity contribution in [3.05, 3.63) is 18.2 Å². The highest BCUT2D eigenvalue weighted by Crippen LogP contribution is 2.31. The Balaban J connectivity index is 2.10. The zero-order chi connectivity index (χ0) is 13.0. The van der Waals surface area contributed by atoms with Crippen LogP contribution in [0.1, 0.15) is 6.42 Å². The van der Waals surface area contributed by atoms with Crippen LogP contribution in [0.2, 0.25) is 0 Å². The minimum atomic E-state index is -2.86. The molecule has 1 aromatic rings. The molecule has 1 aromatic carbocycles. The number of ether oxygens (including phenoxy) is 2. The van der Waals surface area contributed by atoms with Crippen molar-refractivity contribution in [3.63, 3.8) is 0 Å². The summed E-state index contributed by atoms with van der Waals surface area (Å²) in [4.78, 5) is 0. The molecule has 2 rings (SSSR count). The Morgan fingerprint density at radius 3 is 2.83 bits per heavy atom. The minimum Gasteiger partial charge on any atom is -0.493 e. The van der Waals surface area contributed by atoms with E-state index in [1.807, 2.05) is 0 Å². The summed E-state index contributed by atoms with van der Waals surface area (Å²) in [5.74, 6) is 0.342. The summed E-state index contributed by atoms with van der Waals surface area (Å²) in [6, 6.07) is 5.25. The number of halogens is 2. The van der Waals surface area contributed by atoms with Crippen molar-refractivity contribution >= 4 is 5.69 Å². The molecule has 0 radical (unpaired) electrons. The van der Waals surface area contributed by atoms with E-state index in [0.717, 1.165) is 25.2 Å². The molecule has 1 saturated heterocycles. The second kappa shape index (κ2) is 5.86. The lowest BCUT2D eigenvalue weighted by molar-refractivity contribution is -0.0511. The summed E-state index contributed by atoms with van der Waals surface area (Å²) in [5.41, 5.74) is 0.750. The quantitative estimate of drug-likeness (QED) is 0.848. The third-order valence-corrected chi connectivity index (χ3v) is 2.81. The fraction of sp³-hybridized carbons (Fsp3) is 0.500. The second-order valence-electron chi connectivity index (χ2n) is 4.08. The summed E-state index contributed by atoms with van der Waals surface area (Å²) in [7, 11) is 1.42. The summed E-state index contributed by atoms with van der Waals surface area (Å²) in [6.07, 6.45) is 1.01. The lowest BCUT2D eigenvalue weighted by atomic mass is 10.2. The monoisotopic (exact) mass is 258 g/mol. The van der Waals surface area contributed by atoms with Crippen LogP contribution in [0.15, 0.2) is 18.2 Å². The molecule has 6 heteroatoms. The van der Waals surface area contributed by atoms with Gasteiger partial charge >= 0.3 is 6.61 Å². The van der Waals surface area contributed by atoms with E-state index in [-0.39, 0.29) is 5.75 Å². The molecular formula is C12H16F2N2O2. The van der Waals surface area contributed by atoms with Gasteiger partial charge in [0.2, 0.25) is 0 Å². The van der Waals surface area contributed by atoms with Gasteiger partial charge in [-0.3, -0.25) is 0 Å². The van der Waals surface area contributed by atoms with Gasteiger partial charge in [-0.15, -0.1) is 0 Å². The topological polar surface area (TPSA) is 42.5 Å². The van der Waals surface area contributed by atoms with Gasteiger partial charge in [-0.1, -0.05) is 0 Å². The molecule has 0 saturated carbocycles. The Kier molecular flexibility index (Phi) is 4.19. The van der Waals surface area contributed by atoms with Crippen LogP contribution in [-0.4, -0.2) is 32.9 Å². The minimum absolute atomic E-state index is 0.0449. The lowest BCUT2D eigenvalue weighted by Crippen LogP contribution is -2.22. The van der Waals surface area contributed by atoms with Gasteiger partial charge < -0.3 is 20.1 Å². The van der Waals surface area contributed by atoms with Gasteiger partial charge in [-0.2, -0.15) is 8.78 Å². The molecule has 1 heterocycles. The standard InChI is InChI=1S/C12H16F2N2O2/c1-17-10-3-2-8(6-11(10)18-12(13)14)16-9-4-5-15-7-9/h2-3,6,9,12,15-16H,4-5,7H2,1H3. The molecule has 0 aliphatic carbocycles. The van der Waals surface area contributed by atoms with E-state index in [1.54, 1.807) is 12.1 Å². The van der Waals surface area contributed by atoms with Crippen molar-refractivity contribution in [2.45, 2.75) is 19.1 Å². The van der Waals surface area contributed by atoms with Crippen LogP contribution in [0.3, 0.4) is 0 Å². The lowest BCUT2D eigenvalue weighted by Gasteiger charge is -2.15. The summed E-state index contributed by atoms with van der Waals surface area (Å²) < 4.78 is 33.9. The first-order chi connectivity index (χ1) is 8.69. The Bertz CT molecular complexity index is 396. The first-order valence-corrected chi connectivity index (χ1v) is 5.79. The van der Waals surface area contributed by atoms with Crippen molar-refractivity contribution < 1.29 is 18.3 Å². The van der Waals surface area contributed by atoms with Gasteiger partial charge in [0.05, 0.1) is 7.11 Å². The molecule has 1 aliphatic rings. The molecule has 0 bridgehead atoms. The molecule has 1 atom stereocenters. The summed E-state index contributed by atoms with van der Waals surface area (Å²) >= 11 is 0. The Labute approximate surface area is 104 Å². The maximum Gasteiger partial charge on any atom is 0.387 e. The fourth-order valence-corrected chi connectivity index (χ4v) is 1.97. The molecule has 100 valence electrons. The maximum absolute atomic E-state index is 12.3. The number of rotatable bonds is 5. The average molecular weight is 258 g/mol. The highest BCUT2D eigenvalue weighted by Gasteiger charge is 2.16. The predicted molar refractivity (Wildman–Crippen MR) is 64.5 cm³/mol. The van der Waals surface area contributed by atoms with Crippen LogP contribution in [0.5, 0.6) is 11.5 Å². The van der Waals surface area contributed by atoms with E-state index in [1.165, 1.54) is 13.2 Å². The Morgan fingerprint density at radius 2 is 2.22 bits per heavy atom. The van der Waals surface area contributed by atoms with E-state index < -0.39 is 6.61 Å². The number of alkyl halides is 2. The number of hydrogen-bond donors (Lipinski definition) is 2. The number of hydrogen-bond acceptors (Lipinski definition) is 4. The van der Waals surface area contributed by atoms with E-state index in [9.17, 15) is 8.78 Å². The van der Waals surface area contributed by atoms with Gasteiger partial charge in [0.15, 0.2) is 11.5 Å². The highest BCUT2D eigenvalue weighted by atomic mass is 19.3. The van der Waals surface area contributed by atoms with Crippen LogP contribution in [-0.2, 0) is 0 Å². The van der Waals surface area contributed by atoms with Crippen molar-refractivity contribution in [1.29, 1.82) is 0 Å². The van der Waals surface area contributed by atoms with Crippen LogP contribution in [0, 0.1) is 0 Å². The van der Waals surface area contributed by atoms with E-state index in [2.05, 4.69) is 15.4 Å². The molecule has 4 nitrogen and oxygen atoms in total. The Morgan fingerprint density at radius 1 is 1.39 bits per heavy atom. The Hall–Kier alpha value is -1.56. The zero-order valence-corrected chi connectivity index (χ0v) is 10.1. The second-order valence-corrected chi connectivity index (χ2v) is 4.08. The van der Waals surface area contributed by atoms with Crippen molar-refractivity contribution in [2.75, 3.05) is 25.5 Å². The molecule has 0 spiro atoms. The van der Waals surface area contributed by atoms with Crippen molar-refractivity contribution in [3.8, 4) is 11.5 Å². The highest BCUT2D eigenvalue weighted by molar-refractivity contribution is 5.55. The zero-order valence-electron chi connectivity index (χ0n) is 10.1. The SMILES string of the molecule is COc1ccc(NC2CCNC2)cc1OC(F)F. The van der Waals surface area contributed by atoms with E-state index in [0.29, 0.717) is 11.8 Å². The maximum atomic E-state index is 12.3. The predicted octanol–water partition coefficient (Wildman–Crippen LogP) is 2.07. The van der Waals surface area contributed by atoms with Gasteiger partial charge in [0, 0.05) is 24.3 Å².